The minimum Gasteiger partial charge on any atom is -0.377 e. The quantitative estimate of drug-likeness (QED) is 0.677. The molecule has 2 atom stereocenters. The summed E-state index contributed by atoms with van der Waals surface area (Å²) in [4.78, 5) is 13.7. The van der Waals surface area contributed by atoms with Crippen LogP contribution in [0.15, 0.2) is 0 Å². The number of nitrogens with zero attached hydrogens (tertiary/aromatic N) is 1. The van der Waals surface area contributed by atoms with Crippen LogP contribution < -0.4 is 11.1 Å². The van der Waals surface area contributed by atoms with E-state index in [2.05, 4.69) is 10.2 Å². The van der Waals surface area contributed by atoms with E-state index in [9.17, 15) is 4.79 Å². The van der Waals surface area contributed by atoms with Crippen LogP contribution in [-0.4, -0.2) is 55.2 Å². The molecule has 18 heavy (non-hydrogen) atoms. The fourth-order valence-corrected chi connectivity index (χ4v) is 2.57. The number of nitrogens with two attached hydrogens (primary N) is 1. The third-order valence-electron chi connectivity index (χ3n) is 3.66. The Bertz CT molecular complexity index is 279. The highest BCUT2D eigenvalue weighted by atomic mass is 16.5. The van der Waals surface area contributed by atoms with Crippen molar-refractivity contribution >= 4 is 5.91 Å². The molecule has 0 aromatic rings. The Labute approximate surface area is 109 Å². The molecule has 0 aromatic carbocycles. The van der Waals surface area contributed by atoms with Gasteiger partial charge in [-0.05, 0) is 39.2 Å². The Hall–Kier alpha value is -0.650. The number of hydrogen-bond donors (Lipinski definition) is 2. The topological polar surface area (TPSA) is 67.6 Å². The van der Waals surface area contributed by atoms with Gasteiger partial charge in [0.1, 0.15) is 0 Å². The standard InChI is InChI=1S/C13H25N3O2/c1-2-18-11-4-3-7-16(8-11)9-12(13(14)17)15-10-5-6-10/h10-12,15H,2-9H2,1H3,(H2,14,17). The molecule has 2 fully saturated rings. The summed E-state index contributed by atoms with van der Waals surface area (Å²) in [5.41, 5.74) is 5.46. The van der Waals surface area contributed by atoms with Crippen molar-refractivity contribution in [1.82, 2.24) is 10.2 Å². The maximum atomic E-state index is 11.4. The fraction of sp³-hybridized carbons (Fsp3) is 0.923. The van der Waals surface area contributed by atoms with Crippen LogP contribution in [-0.2, 0) is 9.53 Å². The molecule has 2 aliphatic rings. The van der Waals surface area contributed by atoms with Crippen molar-refractivity contribution in [1.29, 1.82) is 0 Å². The van der Waals surface area contributed by atoms with Crippen molar-refractivity contribution < 1.29 is 9.53 Å². The second kappa shape index (κ2) is 6.50. The van der Waals surface area contributed by atoms with Crippen molar-refractivity contribution in [2.24, 2.45) is 5.73 Å². The number of piperidine rings is 1. The first-order chi connectivity index (χ1) is 8.69. The van der Waals surface area contributed by atoms with E-state index in [1.807, 2.05) is 6.92 Å². The predicted octanol–water partition coefficient (Wildman–Crippen LogP) is 0.0932. The van der Waals surface area contributed by atoms with E-state index in [1.54, 1.807) is 0 Å². The van der Waals surface area contributed by atoms with Gasteiger partial charge in [-0.25, -0.2) is 0 Å². The number of ether oxygens (including phenoxy) is 1. The van der Waals surface area contributed by atoms with Gasteiger partial charge in [0.2, 0.25) is 5.91 Å². The highest BCUT2D eigenvalue weighted by Crippen LogP contribution is 2.20. The van der Waals surface area contributed by atoms with E-state index in [1.165, 1.54) is 12.8 Å². The number of primary amides is 1. The molecule has 1 amide bonds. The molecule has 0 aromatic heterocycles. The molecule has 1 saturated carbocycles. The van der Waals surface area contributed by atoms with E-state index in [-0.39, 0.29) is 11.9 Å². The van der Waals surface area contributed by atoms with Crippen LogP contribution in [0.3, 0.4) is 0 Å². The van der Waals surface area contributed by atoms with Gasteiger partial charge in [0.15, 0.2) is 0 Å². The molecule has 2 rings (SSSR count). The number of carbonyl (C=O) groups is 1. The highest BCUT2D eigenvalue weighted by molar-refractivity contribution is 5.80. The van der Waals surface area contributed by atoms with Gasteiger partial charge >= 0.3 is 0 Å². The smallest absolute Gasteiger partial charge is 0.235 e. The van der Waals surface area contributed by atoms with E-state index in [0.717, 1.165) is 39.1 Å². The molecule has 1 heterocycles. The number of carbonyl (C=O) groups excluding carboxylic acids is 1. The summed E-state index contributed by atoms with van der Waals surface area (Å²) in [7, 11) is 0. The van der Waals surface area contributed by atoms with Crippen LogP contribution in [0, 0.1) is 0 Å². The van der Waals surface area contributed by atoms with Crippen molar-refractivity contribution in [2.45, 2.75) is 50.8 Å². The summed E-state index contributed by atoms with van der Waals surface area (Å²) in [5, 5.41) is 3.33. The molecule has 104 valence electrons. The average Bonchev–Trinajstić information content (AvgIpc) is 3.13. The van der Waals surface area contributed by atoms with Crippen LogP contribution >= 0.6 is 0 Å². The van der Waals surface area contributed by atoms with Gasteiger partial charge in [-0.3, -0.25) is 9.69 Å². The van der Waals surface area contributed by atoms with Crippen LogP contribution in [0.5, 0.6) is 0 Å². The van der Waals surface area contributed by atoms with Crippen molar-refractivity contribution in [3.8, 4) is 0 Å². The summed E-state index contributed by atoms with van der Waals surface area (Å²) in [6.45, 7) is 5.47. The molecule has 1 aliphatic heterocycles. The third-order valence-corrected chi connectivity index (χ3v) is 3.66. The number of nitrogens with one attached hydrogen (secondary N) is 1. The third kappa shape index (κ3) is 4.23. The van der Waals surface area contributed by atoms with Crippen molar-refractivity contribution in [3.63, 3.8) is 0 Å². The zero-order chi connectivity index (χ0) is 13.0. The summed E-state index contributed by atoms with van der Waals surface area (Å²) in [5.74, 6) is -0.236. The van der Waals surface area contributed by atoms with Crippen LogP contribution in [0.2, 0.25) is 0 Å². The number of hydrogen-bond acceptors (Lipinski definition) is 4. The lowest BCUT2D eigenvalue weighted by atomic mass is 10.1. The largest absolute Gasteiger partial charge is 0.377 e. The fourth-order valence-electron chi connectivity index (χ4n) is 2.57. The molecule has 0 radical (unpaired) electrons. The normalized spacial score (nSPS) is 27.1. The van der Waals surface area contributed by atoms with Crippen LogP contribution in [0.4, 0.5) is 0 Å². The maximum Gasteiger partial charge on any atom is 0.235 e. The second-order valence-electron chi connectivity index (χ2n) is 5.38. The first-order valence-electron chi connectivity index (χ1n) is 7.08. The van der Waals surface area contributed by atoms with Gasteiger partial charge < -0.3 is 15.8 Å². The molecular weight excluding hydrogens is 230 g/mol. The van der Waals surface area contributed by atoms with Crippen LogP contribution in [0.25, 0.3) is 0 Å². The Balaban J connectivity index is 1.79. The number of likely N-dealkylation sites (tertiary alicyclic amines) is 1. The van der Waals surface area contributed by atoms with E-state index in [4.69, 9.17) is 10.5 Å². The van der Waals surface area contributed by atoms with Gasteiger partial charge in [0.05, 0.1) is 12.1 Å². The summed E-state index contributed by atoms with van der Waals surface area (Å²) in [6, 6.07) is 0.299. The van der Waals surface area contributed by atoms with Gasteiger partial charge in [-0.2, -0.15) is 0 Å². The minimum atomic E-state index is -0.236. The molecule has 5 heteroatoms. The Morgan fingerprint density at radius 3 is 2.89 bits per heavy atom. The highest BCUT2D eigenvalue weighted by Gasteiger charge is 2.30. The zero-order valence-electron chi connectivity index (χ0n) is 11.2. The van der Waals surface area contributed by atoms with Crippen molar-refractivity contribution in [3.05, 3.63) is 0 Å². The molecule has 2 unspecified atom stereocenters. The average molecular weight is 255 g/mol. The number of amides is 1. The van der Waals surface area contributed by atoms with Gasteiger partial charge in [0, 0.05) is 25.7 Å². The lowest BCUT2D eigenvalue weighted by Crippen LogP contribution is -2.52. The maximum absolute atomic E-state index is 11.4. The zero-order valence-corrected chi connectivity index (χ0v) is 11.2. The molecule has 5 nitrogen and oxygen atoms in total. The Kier molecular flexibility index (Phi) is 4.97. The summed E-state index contributed by atoms with van der Waals surface area (Å²) >= 11 is 0. The predicted molar refractivity (Wildman–Crippen MR) is 70.2 cm³/mol. The van der Waals surface area contributed by atoms with Crippen LogP contribution in [0.1, 0.15) is 32.6 Å². The Morgan fingerprint density at radius 1 is 1.50 bits per heavy atom. The molecule has 3 N–H and O–H groups in total. The molecule has 0 spiro atoms. The van der Waals surface area contributed by atoms with E-state index >= 15 is 0 Å². The summed E-state index contributed by atoms with van der Waals surface area (Å²) in [6.07, 6.45) is 4.93. The van der Waals surface area contributed by atoms with Crippen molar-refractivity contribution in [2.75, 3.05) is 26.2 Å². The SMILES string of the molecule is CCOC1CCCN(CC(NC2CC2)C(N)=O)C1. The molecule has 1 aliphatic carbocycles. The molecular formula is C13H25N3O2. The Morgan fingerprint density at radius 2 is 2.28 bits per heavy atom. The second-order valence-corrected chi connectivity index (χ2v) is 5.38. The van der Waals surface area contributed by atoms with E-state index in [0.29, 0.717) is 12.1 Å². The van der Waals surface area contributed by atoms with Gasteiger partial charge in [-0.15, -0.1) is 0 Å². The van der Waals surface area contributed by atoms with Gasteiger partial charge in [0.25, 0.3) is 0 Å². The first-order valence-corrected chi connectivity index (χ1v) is 7.08. The number of rotatable bonds is 7. The lowest BCUT2D eigenvalue weighted by molar-refractivity contribution is -0.120. The molecule has 0 bridgehead atoms. The first kappa shape index (κ1) is 13.8. The monoisotopic (exact) mass is 255 g/mol. The summed E-state index contributed by atoms with van der Waals surface area (Å²) < 4.78 is 5.67. The van der Waals surface area contributed by atoms with E-state index < -0.39 is 0 Å². The minimum absolute atomic E-state index is 0.210. The molecule has 1 saturated heterocycles. The lowest BCUT2D eigenvalue weighted by Gasteiger charge is -2.34. The van der Waals surface area contributed by atoms with Gasteiger partial charge in [-0.1, -0.05) is 0 Å².